The Hall–Kier alpha value is -4.05. The maximum atomic E-state index is 13.9. The third-order valence-corrected chi connectivity index (χ3v) is 6.03. The van der Waals surface area contributed by atoms with Gasteiger partial charge in [0, 0.05) is 49.2 Å². The van der Waals surface area contributed by atoms with Crippen molar-refractivity contribution in [2.45, 2.75) is 25.4 Å². The van der Waals surface area contributed by atoms with Gasteiger partial charge in [0.1, 0.15) is 5.82 Å². The first-order valence-electron chi connectivity index (χ1n) is 11.0. The van der Waals surface area contributed by atoms with Gasteiger partial charge in [-0.05, 0) is 48.2 Å². The van der Waals surface area contributed by atoms with Crippen LogP contribution in [0.15, 0.2) is 60.3 Å². The van der Waals surface area contributed by atoms with Crippen LogP contribution in [0.25, 0.3) is 22.0 Å². The summed E-state index contributed by atoms with van der Waals surface area (Å²) in [6.07, 6.45) is 7.74. The van der Waals surface area contributed by atoms with Crippen molar-refractivity contribution in [1.82, 2.24) is 25.1 Å². The molecule has 1 aliphatic rings. The zero-order chi connectivity index (χ0) is 23.5. The number of likely N-dealkylation sites (tertiary alicyclic amines) is 1. The first-order valence-corrected chi connectivity index (χ1v) is 11.0. The van der Waals surface area contributed by atoms with Crippen LogP contribution in [-0.2, 0) is 6.54 Å². The van der Waals surface area contributed by atoms with E-state index < -0.39 is 11.7 Å². The Balaban J connectivity index is 1.37. The highest BCUT2D eigenvalue weighted by molar-refractivity contribution is 6.11. The molecular formula is C24H22FN7O2. The van der Waals surface area contributed by atoms with E-state index in [2.05, 4.69) is 41.6 Å². The van der Waals surface area contributed by atoms with Crippen LogP contribution in [0, 0.1) is 10.7 Å². The second kappa shape index (κ2) is 9.44. The highest BCUT2D eigenvalue weighted by Gasteiger charge is 2.20. The molecule has 2 N–H and O–H groups in total. The molecule has 9 nitrogen and oxygen atoms in total. The van der Waals surface area contributed by atoms with Gasteiger partial charge in [0.25, 0.3) is 5.91 Å². The van der Waals surface area contributed by atoms with Gasteiger partial charge in [-0.25, -0.2) is 4.39 Å². The summed E-state index contributed by atoms with van der Waals surface area (Å²) < 4.78 is 13.9. The molecule has 10 heteroatoms. The molecule has 0 radical (unpaired) electrons. The molecule has 0 atom stereocenters. The number of amides is 1. The fraction of sp³-hybridized carbons (Fsp3) is 0.250. The number of nitrogens with one attached hydrogen (secondary N) is 2. The number of carbonyl (C=O) groups excluding carboxylic acids is 1. The Morgan fingerprint density at radius 2 is 1.97 bits per heavy atom. The molecule has 172 valence electrons. The van der Waals surface area contributed by atoms with E-state index in [9.17, 15) is 14.1 Å². The summed E-state index contributed by atoms with van der Waals surface area (Å²) in [6, 6.07) is 8.83. The van der Waals surface area contributed by atoms with E-state index in [4.69, 9.17) is 0 Å². The number of carbonyl (C=O) groups is 1. The highest BCUT2D eigenvalue weighted by atomic mass is 19.1. The van der Waals surface area contributed by atoms with Gasteiger partial charge in [-0.1, -0.05) is 11.2 Å². The fourth-order valence-corrected chi connectivity index (χ4v) is 4.19. The zero-order valence-electron chi connectivity index (χ0n) is 18.2. The molecular weight excluding hydrogens is 437 g/mol. The number of H-pyrrole nitrogens is 1. The second-order valence-corrected chi connectivity index (χ2v) is 8.34. The lowest BCUT2D eigenvalue weighted by Crippen LogP contribution is -2.34. The molecule has 0 spiro atoms. The Morgan fingerprint density at radius 1 is 1.12 bits per heavy atom. The monoisotopic (exact) mass is 459 g/mol. The van der Waals surface area contributed by atoms with Gasteiger partial charge in [0.15, 0.2) is 5.69 Å². The first-order chi connectivity index (χ1) is 16.6. The number of pyridine rings is 2. The summed E-state index contributed by atoms with van der Waals surface area (Å²) in [4.78, 5) is 34.1. The Labute approximate surface area is 194 Å². The van der Waals surface area contributed by atoms with Gasteiger partial charge in [-0.15, -0.1) is 0 Å². The topological polar surface area (TPSA) is 116 Å². The van der Waals surface area contributed by atoms with Gasteiger partial charge in [-0.3, -0.25) is 24.8 Å². The molecule has 0 aliphatic carbocycles. The van der Waals surface area contributed by atoms with Crippen molar-refractivity contribution in [2.24, 2.45) is 5.18 Å². The molecule has 0 bridgehead atoms. The van der Waals surface area contributed by atoms with E-state index in [1.807, 2.05) is 24.4 Å². The number of benzene rings is 1. The summed E-state index contributed by atoms with van der Waals surface area (Å²) >= 11 is 0. The van der Waals surface area contributed by atoms with Crippen LogP contribution < -0.4 is 5.32 Å². The van der Waals surface area contributed by atoms with E-state index in [1.54, 1.807) is 6.20 Å². The number of rotatable bonds is 6. The van der Waals surface area contributed by atoms with Crippen LogP contribution in [0.5, 0.6) is 0 Å². The lowest BCUT2D eigenvalue weighted by molar-refractivity contribution is 0.102. The van der Waals surface area contributed by atoms with Crippen LogP contribution in [0.3, 0.4) is 0 Å². The number of aromatic nitrogens is 4. The Morgan fingerprint density at radius 3 is 2.76 bits per heavy atom. The van der Waals surface area contributed by atoms with Crippen LogP contribution in [0.4, 0.5) is 10.1 Å². The average Bonchev–Trinajstić information content (AvgIpc) is 3.30. The number of aromatic amines is 1. The zero-order valence-corrected chi connectivity index (χ0v) is 18.2. The molecule has 3 aromatic heterocycles. The largest absolute Gasteiger partial charge is 0.317 e. The van der Waals surface area contributed by atoms with Crippen LogP contribution in [0.2, 0.25) is 0 Å². The average molecular weight is 459 g/mol. The predicted octanol–water partition coefficient (Wildman–Crippen LogP) is 4.14. The normalized spacial score (nSPS) is 14.9. The smallest absolute Gasteiger partial charge is 0.276 e. The Kier molecular flexibility index (Phi) is 6.05. The lowest BCUT2D eigenvalue weighted by Gasteiger charge is -2.28. The quantitative estimate of drug-likeness (QED) is 0.419. The number of piperidine rings is 1. The fourth-order valence-electron chi connectivity index (χ4n) is 4.19. The second-order valence-electron chi connectivity index (χ2n) is 8.34. The molecule has 34 heavy (non-hydrogen) atoms. The Bertz CT molecular complexity index is 1350. The molecule has 1 fully saturated rings. The van der Waals surface area contributed by atoms with Crippen molar-refractivity contribution in [3.63, 3.8) is 0 Å². The summed E-state index contributed by atoms with van der Waals surface area (Å²) in [5.74, 6) is -1.10. The van der Waals surface area contributed by atoms with Gasteiger partial charge < -0.3 is 5.32 Å². The summed E-state index contributed by atoms with van der Waals surface area (Å²) in [5.41, 5.74) is 3.70. The van der Waals surface area contributed by atoms with Gasteiger partial charge in [-0.2, -0.15) is 10.0 Å². The van der Waals surface area contributed by atoms with E-state index in [0.29, 0.717) is 10.9 Å². The number of halogens is 1. The van der Waals surface area contributed by atoms with Crippen LogP contribution in [-0.4, -0.2) is 50.1 Å². The first kappa shape index (κ1) is 21.8. The summed E-state index contributed by atoms with van der Waals surface area (Å²) in [7, 11) is 0. The number of fused-ring (bicyclic) bond motifs is 1. The minimum atomic E-state index is -0.571. The molecule has 5 rings (SSSR count). The van der Waals surface area contributed by atoms with E-state index >= 15 is 0 Å². The van der Waals surface area contributed by atoms with Crippen molar-refractivity contribution in [3.05, 3.63) is 77.1 Å². The number of anilines is 1. The number of nitroso groups, excluding NO2 is 1. The van der Waals surface area contributed by atoms with Crippen molar-refractivity contribution in [2.75, 3.05) is 18.4 Å². The molecule has 4 aromatic rings. The van der Waals surface area contributed by atoms with E-state index in [0.717, 1.165) is 49.2 Å². The number of nitrogens with zero attached hydrogens (tertiary/aromatic N) is 5. The van der Waals surface area contributed by atoms with Crippen molar-refractivity contribution in [3.8, 4) is 11.1 Å². The summed E-state index contributed by atoms with van der Waals surface area (Å²) in [5, 5.41) is 13.3. The van der Waals surface area contributed by atoms with Gasteiger partial charge in [0.2, 0.25) is 0 Å². The third kappa shape index (κ3) is 4.53. The van der Waals surface area contributed by atoms with Gasteiger partial charge in [0.05, 0.1) is 23.4 Å². The number of hydrogen-bond acceptors (Lipinski definition) is 7. The molecule has 1 saturated heterocycles. The van der Waals surface area contributed by atoms with Crippen molar-refractivity contribution >= 4 is 22.5 Å². The van der Waals surface area contributed by atoms with Crippen LogP contribution in [0.1, 0.15) is 28.9 Å². The van der Waals surface area contributed by atoms with Gasteiger partial charge >= 0.3 is 0 Å². The molecule has 1 aromatic carbocycles. The standard InChI is InChI=1S/C24H22FN7O2/c25-20-3-6-26-13-22(20)28-24(33)23-19-10-16(1-2-21(19)29-30-23)17-9-15(11-27-12-17)14-32-7-4-18(31-34)5-8-32/h1-3,6,9-13,18H,4-5,7-8,14H2,(H,28,33)(H,29,30). The lowest BCUT2D eigenvalue weighted by atomic mass is 10.0. The maximum Gasteiger partial charge on any atom is 0.276 e. The minimum absolute atomic E-state index is 0.00957. The number of hydrogen-bond donors (Lipinski definition) is 2. The highest BCUT2D eigenvalue weighted by Crippen LogP contribution is 2.27. The maximum absolute atomic E-state index is 13.9. The molecule has 0 unspecified atom stereocenters. The van der Waals surface area contributed by atoms with E-state index in [-0.39, 0.29) is 17.4 Å². The molecule has 0 saturated carbocycles. The third-order valence-electron chi connectivity index (χ3n) is 6.03. The molecule has 4 heterocycles. The van der Waals surface area contributed by atoms with Crippen LogP contribution >= 0.6 is 0 Å². The van der Waals surface area contributed by atoms with Crippen molar-refractivity contribution in [1.29, 1.82) is 0 Å². The molecule has 1 aliphatic heterocycles. The minimum Gasteiger partial charge on any atom is -0.317 e. The van der Waals surface area contributed by atoms with Crippen molar-refractivity contribution < 1.29 is 9.18 Å². The molecule has 1 amide bonds. The van der Waals surface area contributed by atoms with E-state index in [1.165, 1.54) is 18.5 Å². The summed E-state index contributed by atoms with van der Waals surface area (Å²) in [6.45, 7) is 2.40. The SMILES string of the molecule is O=NC1CCN(Cc2cncc(-c3ccc4[nH]nc(C(=O)Nc5cnccc5F)c4c3)c2)CC1. The predicted molar refractivity (Wildman–Crippen MR) is 126 cm³/mol.